The van der Waals surface area contributed by atoms with Crippen LogP contribution in [0, 0.1) is 0 Å². The Bertz CT molecular complexity index is 1060. The fourth-order valence-corrected chi connectivity index (χ4v) is 7.75. The molecular weight excluding hydrogens is 770 g/mol. The predicted octanol–water partition coefficient (Wildman–Crippen LogP) is 14.7. The van der Waals surface area contributed by atoms with Crippen LogP contribution >= 0.6 is 7.82 Å². The number of phosphoric acid groups is 1. The smallest absolute Gasteiger partial charge is 0.306 e. The number of ether oxygens (including phenoxy) is 2. The lowest BCUT2D eigenvalue weighted by atomic mass is 10.0. The van der Waals surface area contributed by atoms with Crippen LogP contribution in [0.3, 0.4) is 0 Å². The van der Waals surface area contributed by atoms with E-state index >= 15 is 0 Å². The minimum atomic E-state index is -4.52. The van der Waals surface area contributed by atoms with Gasteiger partial charge in [0.25, 0.3) is 7.82 Å². The molecule has 0 aliphatic heterocycles. The zero-order valence-corrected chi connectivity index (χ0v) is 41.1. The standard InChI is InChI=1S/C51H98NO7P/c1-6-8-10-12-14-16-18-20-21-22-23-24-25-26-27-28-29-30-31-32-33-35-37-39-41-43-46-56-48-50(49-58-60(54,55)57-47-45-52(3,4)5)59-51(53)44-42-40-38-36-34-19-17-15-13-11-9-7-2/h18,20,22-23,25-26,50H,6-17,19,21,24,27-49H2,1-5H3/b20-18-,23-22-,26-25-. The van der Waals surface area contributed by atoms with Crippen LogP contribution in [-0.2, 0) is 27.9 Å². The molecule has 0 saturated carbocycles. The fourth-order valence-electron chi connectivity index (χ4n) is 7.03. The van der Waals surface area contributed by atoms with Crippen LogP contribution in [0.1, 0.15) is 226 Å². The van der Waals surface area contributed by atoms with Gasteiger partial charge in [0, 0.05) is 13.0 Å². The van der Waals surface area contributed by atoms with Crippen molar-refractivity contribution in [3.63, 3.8) is 0 Å². The van der Waals surface area contributed by atoms with Crippen molar-refractivity contribution in [1.82, 2.24) is 0 Å². The van der Waals surface area contributed by atoms with Crippen LogP contribution in [0.4, 0.5) is 0 Å². The molecule has 0 fully saturated rings. The largest absolute Gasteiger partial charge is 0.756 e. The molecule has 2 unspecified atom stereocenters. The Hall–Kier alpha value is -1.28. The van der Waals surface area contributed by atoms with E-state index in [1.54, 1.807) is 0 Å². The highest BCUT2D eigenvalue weighted by Gasteiger charge is 2.20. The Morgan fingerprint density at radius 3 is 1.37 bits per heavy atom. The minimum Gasteiger partial charge on any atom is -0.756 e. The van der Waals surface area contributed by atoms with E-state index in [0.29, 0.717) is 24.1 Å². The molecule has 0 aliphatic rings. The Kier molecular flexibility index (Phi) is 43.4. The number of likely N-dealkylation sites (N-methyl/N-ethyl adjacent to an activating group) is 1. The molecule has 0 bridgehead atoms. The van der Waals surface area contributed by atoms with Crippen LogP contribution in [0.15, 0.2) is 36.5 Å². The van der Waals surface area contributed by atoms with Gasteiger partial charge in [0.15, 0.2) is 0 Å². The first kappa shape index (κ1) is 58.7. The second-order valence-electron chi connectivity index (χ2n) is 18.2. The van der Waals surface area contributed by atoms with E-state index in [0.717, 1.165) is 44.9 Å². The number of phosphoric ester groups is 1. The molecule has 0 saturated heterocycles. The highest BCUT2D eigenvalue weighted by atomic mass is 31.2. The fraction of sp³-hybridized carbons (Fsp3) is 0.863. The number of allylic oxidation sites excluding steroid dienone is 6. The average molecular weight is 868 g/mol. The summed E-state index contributed by atoms with van der Waals surface area (Å²) in [5.41, 5.74) is 0. The van der Waals surface area contributed by atoms with Gasteiger partial charge in [-0.1, -0.05) is 204 Å². The quantitative estimate of drug-likeness (QED) is 0.0198. The molecule has 0 radical (unpaired) electrons. The van der Waals surface area contributed by atoms with Crippen molar-refractivity contribution in [1.29, 1.82) is 0 Å². The van der Waals surface area contributed by atoms with Gasteiger partial charge in [0.2, 0.25) is 0 Å². The lowest BCUT2D eigenvalue weighted by Crippen LogP contribution is -2.37. The second kappa shape index (κ2) is 44.3. The van der Waals surface area contributed by atoms with Crippen molar-refractivity contribution in [2.75, 3.05) is 54.1 Å². The van der Waals surface area contributed by atoms with E-state index in [1.807, 2.05) is 21.1 Å². The third kappa shape index (κ3) is 47.8. The lowest BCUT2D eigenvalue weighted by molar-refractivity contribution is -0.870. The van der Waals surface area contributed by atoms with E-state index < -0.39 is 13.9 Å². The van der Waals surface area contributed by atoms with Gasteiger partial charge in [-0.05, 0) is 51.4 Å². The van der Waals surface area contributed by atoms with Gasteiger partial charge in [0.1, 0.15) is 19.3 Å². The van der Waals surface area contributed by atoms with Crippen molar-refractivity contribution in [2.45, 2.75) is 232 Å². The SMILES string of the molecule is CCCCCCC/C=C\C/C=C\C/C=C\CCCCCCCCCCCCCOCC(COP(=O)([O-])OCC[N+](C)(C)C)OC(=O)CCCCCCCCCCCCCC. The average Bonchev–Trinajstić information content (AvgIpc) is 3.20. The summed E-state index contributed by atoms with van der Waals surface area (Å²) in [6, 6.07) is 0. The third-order valence-corrected chi connectivity index (χ3v) is 11.9. The zero-order chi connectivity index (χ0) is 44.1. The van der Waals surface area contributed by atoms with Crippen LogP contribution in [0.2, 0.25) is 0 Å². The van der Waals surface area contributed by atoms with Crippen LogP contribution in [0.25, 0.3) is 0 Å². The van der Waals surface area contributed by atoms with Crippen molar-refractivity contribution >= 4 is 13.8 Å². The number of carbonyl (C=O) groups excluding carboxylic acids is 1. The molecule has 0 aromatic carbocycles. The molecule has 2 atom stereocenters. The molecule has 0 spiro atoms. The number of unbranched alkanes of at least 4 members (excludes halogenated alkanes) is 27. The van der Waals surface area contributed by atoms with Crippen molar-refractivity contribution in [3.05, 3.63) is 36.5 Å². The summed E-state index contributed by atoms with van der Waals surface area (Å²) in [6.45, 7) is 5.42. The predicted molar refractivity (Wildman–Crippen MR) is 254 cm³/mol. The Balaban J connectivity index is 4.05. The summed E-state index contributed by atoms with van der Waals surface area (Å²) in [4.78, 5) is 25.1. The summed E-state index contributed by atoms with van der Waals surface area (Å²) < 4.78 is 34.7. The monoisotopic (exact) mass is 868 g/mol. The first-order valence-electron chi connectivity index (χ1n) is 25.2. The molecule has 0 aromatic rings. The highest BCUT2D eigenvalue weighted by Crippen LogP contribution is 2.38. The molecule has 0 N–H and O–H groups in total. The molecular formula is C51H98NO7P. The van der Waals surface area contributed by atoms with Gasteiger partial charge in [-0.15, -0.1) is 0 Å². The van der Waals surface area contributed by atoms with Gasteiger partial charge in [-0.3, -0.25) is 9.36 Å². The molecule has 0 heterocycles. The Morgan fingerprint density at radius 2 is 0.917 bits per heavy atom. The number of hydrogen-bond donors (Lipinski definition) is 0. The van der Waals surface area contributed by atoms with E-state index in [9.17, 15) is 14.3 Å². The number of quaternary nitrogens is 1. The Morgan fingerprint density at radius 1 is 0.517 bits per heavy atom. The minimum absolute atomic E-state index is 0.0268. The summed E-state index contributed by atoms with van der Waals surface area (Å²) in [7, 11) is 1.36. The van der Waals surface area contributed by atoms with Crippen molar-refractivity contribution in [3.8, 4) is 0 Å². The third-order valence-electron chi connectivity index (χ3n) is 10.9. The first-order valence-corrected chi connectivity index (χ1v) is 26.7. The van der Waals surface area contributed by atoms with Crippen molar-refractivity contribution < 1.29 is 37.3 Å². The highest BCUT2D eigenvalue weighted by molar-refractivity contribution is 7.45. The van der Waals surface area contributed by atoms with Gasteiger partial charge >= 0.3 is 5.97 Å². The van der Waals surface area contributed by atoms with Gasteiger partial charge in [0.05, 0.1) is 34.4 Å². The van der Waals surface area contributed by atoms with E-state index in [2.05, 4.69) is 50.3 Å². The molecule has 0 rings (SSSR count). The van der Waals surface area contributed by atoms with E-state index in [4.69, 9.17) is 18.5 Å². The van der Waals surface area contributed by atoms with Gasteiger partial charge in [-0.2, -0.15) is 0 Å². The lowest BCUT2D eigenvalue weighted by Gasteiger charge is -2.28. The molecule has 0 aliphatic carbocycles. The number of nitrogens with zero attached hydrogens (tertiary/aromatic N) is 1. The Labute approximate surface area is 372 Å². The van der Waals surface area contributed by atoms with E-state index in [-0.39, 0.29) is 25.8 Å². The summed E-state index contributed by atoms with van der Waals surface area (Å²) in [5.74, 6) is -0.334. The molecule has 0 aromatic heterocycles. The maximum atomic E-state index is 12.7. The second-order valence-corrected chi connectivity index (χ2v) is 19.6. The molecule has 9 heteroatoms. The first-order chi connectivity index (χ1) is 29.1. The number of esters is 1. The number of carbonyl (C=O) groups is 1. The van der Waals surface area contributed by atoms with E-state index in [1.165, 1.54) is 161 Å². The van der Waals surface area contributed by atoms with Crippen LogP contribution in [0.5, 0.6) is 0 Å². The van der Waals surface area contributed by atoms with Gasteiger partial charge in [-0.25, -0.2) is 0 Å². The molecule has 60 heavy (non-hydrogen) atoms. The summed E-state index contributed by atoms with van der Waals surface area (Å²) >= 11 is 0. The summed E-state index contributed by atoms with van der Waals surface area (Å²) in [5, 5.41) is 0. The normalized spacial score (nSPS) is 13.9. The summed E-state index contributed by atoms with van der Waals surface area (Å²) in [6.07, 6.45) is 53.1. The maximum Gasteiger partial charge on any atom is 0.306 e. The maximum absolute atomic E-state index is 12.7. The molecule has 8 nitrogen and oxygen atoms in total. The number of hydrogen-bond acceptors (Lipinski definition) is 7. The van der Waals surface area contributed by atoms with Crippen LogP contribution in [-0.4, -0.2) is 70.7 Å². The molecule has 354 valence electrons. The van der Waals surface area contributed by atoms with Gasteiger partial charge < -0.3 is 27.9 Å². The number of rotatable bonds is 47. The van der Waals surface area contributed by atoms with Crippen LogP contribution < -0.4 is 4.89 Å². The molecule has 0 amide bonds. The van der Waals surface area contributed by atoms with Crippen molar-refractivity contribution in [2.24, 2.45) is 0 Å². The topological polar surface area (TPSA) is 94.1 Å². The zero-order valence-electron chi connectivity index (χ0n) is 40.2.